The Bertz CT molecular complexity index is 1690. The molecule has 3 amide bonds. The average Bonchev–Trinajstić information content (AvgIpc) is 3.05. The van der Waals surface area contributed by atoms with Crippen molar-refractivity contribution < 1.29 is 78.4 Å². The van der Waals surface area contributed by atoms with E-state index in [9.17, 15) is 45.5 Å². The lowest BCUT2D eigenvalue weighted by Crippen LogP contribution is -2.23. The maximum absolute atomic E-state index is 12.3. The monoisotopic (exact) mass is 781 g/mol. The van der Waals surface area contributed by atoms with Crippen LogP contribution in [0, 0.1) is 0 Å². The first kappa shape index (κ1) is 40.7. The van der Waals surface area contributed by atoms with E-state index in [-0.39, 0.29) is 52.9 Å². The summed E-state index contributed by atoms with van der Waals surface area (Å²) in [7, 11) is 0. The number of aliphatic carboxylic acids is 1. The van der Waals surface area contributed by atoms with Gasteiger partial charge < -0.3 is 32.9 Å². The number of carbonyl (C=O) groups is 4. The minimum atomic E-state index is -4.73. The number of carboxylic acid groups (broad SMARTS) is 1. The van der Waals surface area contributed by atoms with Gasteiger partial charge in [-0.1, -0.05) is 6.58 Å². The minimum absolute atomic E-state index is 0.00912. The first-order chi connectivity index (χ1) is 24.3. The third-order valence-electron chi connectivity index (χ3n) is 5.63. The number of carbonyl (C=O) groups excluding carboxylic acids is 3. The molecular weight excluding hydrogens is 755 g/mol. The Morgan fingerprint density at radius 3 is 1.21 bits per heavy atom. The third-order valence-corrected chi connectivity index (χ3v) is 7.60. The van der Waals surface area contributed by atoms with Crippen LogP contribution in [0.1, 0.15) is 6.42 Å². The van der Waals surface area contributed by atoms with Gasteiger partial charge in [0, 0.05) is 40.9 Å². The molecule has 22 heteroatoms. The number of hydrogen-bond acceptors (Lipinski definition) is 11. The summed E-state index contributed by atoms with van der Waals surface area (Å²) in [5, 5.41) is 15.4. The molecule has 3 aromatic carbocycles. The second-order valence-electron chi connectivity index (χ2n) is 9.85. The number of alkyl halides is 6. The fraction of sp³-hybridized carbons (Fsp3) is 0.200. The third kappa shape index (κ3) is 15.5. The molecule has 0 bridgehead atoms. The minimum Gasteiger partial charge on any atom is -0.478 e. The van der Waals surface area contributed by atoms with Crippen molar-refractivity contribution in [2.24, 2.45) is 0 Å². The lowest BCUT2D eigenvalue weighted by molar-refractivity contribution is -0.159. The van der Waals surface area contributed by atoms with Gasteiger partial charge in [-0.15, -0.1) is 0 Å². The van der Waals surface area contributed by atoms with E-state index in [2.05, 4.69) is 32.0 Å². The molecule has 0 radical (unpaired) electrons. The summed E-state index contributed by atoms with van der Waals surface area (Å²) in [5.74, 6) is -1.15. The average molecular weight is 782 g/mol. The summed E-state index contributed by atoms with van der Waals surface area (Å²) in [6.45, 7) is -4.43. The van der Waals surface area contributed by atoms with E-state index < -0.39 is 56.5 Å². The van der Waals surface area contributed by atoms with Crippen LogP contribution in [0.4, 0.5) is 57.8 Å². The molecule has 0 unspecified atom stereocenters. The van der Waals surface area contributed by atoms with Gasteiger partial charge in [0.15, 0.2) is 13.2 Å². The fourth-order valence-electron chi connectivity index (χ4n) is 3.37. The number of benzene rings is 3. The molecule has 0 atom stereocenters. The Morgan fingerprint density at radius 1 is 0.615 bits per heavy atom. The lowest BCUT2D eigenvalue weighted by atomic mass is 10.2. The summed E-state index contributed by atoms with van der Waals surface area (Å²) in [6, 6.07) is 15.6. The molecule has 0 aliphatic carbocycles. The maximum atomic E-state index is 12.3. The Morgan fingerprint density at radius 2 is 0.923 bits per heavy atom. The Hall–Kier alpha value is -5.69. The largest absolute Gasteiger partial charge is 0.490 e. The van der Waals surface area contributed by atoms with Crippen LogP contribution in [0.25, 0.3) is 0 Å². The van der Waals surface area contributed by atoms with Gasteiger partial charge in [0.2, 0.25) is 0 Å². The van der Waals surface area contributed by atoms with Gasteiger partial charge >= 0.3 is 43.3 Å². The van der Waals surface area contributed by atoms with Gasteiger partial charge in [0.25, 0.3) is 0 Å². The molecule has 0 aliphatic heterocycles. The number of anilines is 3. The molecule has 280 valence electrons. The van der Waals surface area contributed by atoms with Crippen molar-refractivity contribution in [3.63, 3.8) is 0 Å². The molecule has 0 saturated carbocycles. The molecule has 0 fully saturated rings. The predicted octanol–water partition coefficient (Wildman–Crippen LogP) is 8.25. The molecule has 4 N–H and O–H groups in total. The fourth-order valence-corrected chi connectivity index (χ4v) is 5.40. The molecule has 0 saturated heterocycles. The van der Waals surface area contributed by atoms with E-state index in [0.29, 0.717) is 0 Å². The van der Waals surface area contributed by atoms with Gasteiger partial charge in [0.05, 0.1) is 6.61 Å². The van der Waals surface area contributed by atoms with Crippen molar-refractivity contribution in [3.8, 4) is 17.2 Å². The molecule has 52 heavy (non-hydrogen) atoms. The van der Waals surface area contributed by atoms with Crippen molar-refractivity contribution in [1.82, 2.24) is 0 Å². The summed E-state index contributed by atoms with van der Waals surface area (Å²) in [5.41, 5.74) is 0.141. The normalized spacial score (nSPS) is 11.3. The molecule has 14 nitrogen and oxygen atoms in total. The zero-order chi connectivity index (χ0) is 38.5. The second kappa shape index (κ2) is 18.0. The lowest BCUT2D eigenvalue weighted by Gasteiger charge is -2.23. The van der Waals surface area contributed by atoms with E-state index in [1.54, 1.807) is 0 Å². The second-order valence-corrected chi connectivity index (χ2v) is 12.6. The van der Waals surface area contributed by atoms with Crippen molar-refractivity contribution in [2.45, 2.75) is 18.8 Å². The number of carboxylic acids is 1. The number of ether oxygens (including phenoxy) is 3. The molecule has 0 aliphatic rings. The molecule has 3 rings (SSSR count). The summed E-state index contributed by atoms with van der Waals surface area (Å²) in [4.78, 5) is 46.2. The van der Waals surface area contributed by atoms with Crippen LogP contribution < -0.4 is 29.5 Å². The number of amides is 3. The summed E-state index contributed by atoms with van der Waals surface area (Å²) >= 11 is 5.60. The highest BCUT2D eigenvalue weighted by Gasteiger charge is 2.31. The molecule has 0 heterocycles. The quantitative estimate of drug-likeness (QED) is 0.0503. The molecule has 0 aromatic heterocycles. The Labute approximate surface area is 294 Å². The highest BCUT2D eigenvalue weighted by molar-refractivity contribution is 8.08. The Kier molecular flexibility index (Phi) is 14.1. The van der Waals surface area contributed by atoms with Gasteiger partial charge in [-0.2, -0.15) is 26.3 Å². The van der Waals surface area contributed by atoms with Crippen LogP contribution in [0.2, 0.25) is 0 Å². The zero-order valence-corrected chi connectivity index (χ0v) is 27.8. The maximum Gasteiger partial charge on any atom is 0.490 e. The van der Waals surface area contributed by atoms with E-state index in [4.69, 9.17) is 35.2 Å². The highest BCUT2D eigenvalue weighted by Crippen LogP contribution is 2.50. The number of hydrogen-bond donors (Lipinski definition) is 4. The van der Waals surface area contributed by atoms with E-state index in [0.717, 1.165) is 0 Å². The smallest absolute Gasteiger partial charge is 0.478 e. The van der Waals surface area contributed by atoms with E-state index >= 15 is 0 Å². The van der Waals surface area contributed by atoms with Crippen LogP contribution >= 0.6 is 6.72 Å². The van der Waals surface area contributed by atoms with Crippen LogP contribution in [0.15, 0.2) is 84.9 Å². The topological polar surface area (TPSA) is 180 Å². The van der Waals surface area contributed by atoms with Crippen molar-refractivity contribution in [1.29, 1.82) is 0 Å². The van der Waals surface area contributed by atoms with Crippen LogP contribution in [-0.2, 0) is 30.8 Å². The Balaban J connectivity index is 1.73. The van der Waals surface area contributed by atoms with Crippen LogP contribution in [0.5, 0.6) is 17.2 Å². The van der Waals surface area contributed by atoms with Crippen molar-refractivity contribution in [2.75, 3.05) is 35.8 Å². The van der Waals surface area contributed by atoms with Gasteiger partial charge in [0.1, 0.15) is 17.2 Å². The van der Waals surface area contributed by atoms with Gasteiger partial charge in [-0.25, -0.2) is 19.2 Å². The predicted molar refractivity (Wildman–Crippen MR) is 174 cm³/mol. The first-order valence-corrected chi connectivity index (χ1v) is 16.7. The number of halogens is 6. The van der Waals surface area contributed by atoms with Crippen LogP contribution in [-0.4, -0.2) is 61.5 Å². The number of nitrogens with one attached hydrogen (secondary N) is 3. The van der Waals surface area contributed by atoms with Crippen molar-refractivity contribution >= 4 is 59.8 Å². The van der Waals surface area contributed by atoms with E-state index in [1.807, 2.05) is 0 Å². The standard InChI is InChI=1S/C30H26F6N3O11PS/c1-18(25(40)41)14-15-45-26(42)37-19-2-8-22(9-3-19)48-51(52,49-23-10-4-20(5-11-23)38-27(43)46-16-29(31,32)33)50-24-12-6-21(7-13-24)39-28(44)47-17-30(34,35)36/h2-13H,1,14-17H2,(H,37,42)(H,38,43)(H,39,44)(H,40,41). The van der Waals surface area contributed by atoms with E-state index in [1.165, 1.54) is 72.8 Å². The summed E-state index contributed by atoms with van der Waals surface area (Å²) < 4.78 is 105. The zero-order valence-electron chi connectivity index (χ0n) is 26.1. The molecule has 0 spiro atoms. The molecular formula is C30H26F6N3O11PS. The first-order valence-electron chi connectivity index (χ1n) is 14.1. The van der Waals surface area contributed by atoms with Crippen molar-refractivity contribution in [3.05, 3.63) is 84.9 Å². The summed E-state index contributed by atoms with van der Waals surface area (Å²) in [6.07, 6.45) is -13.2. The van der Waals surface area contributed by atoms with Gasteiger partial charge in [-0.3, -0.25) is 16.0 Å². The highest BCUT2D eigenvalue weighted by atomic mass is 32.5. The SMILES string of the molecule is C=C(CCOC(=O)Nc1ccc(OP(=S)(Oc2ccc(NC(=O)OCC(F)(F)F)cc2)Oc2ccc(NC(=O)OCC(F)(F)F)cc2)cc1)C(=O)O. The number of rotatable bonds is 15. The van der Waals surface area contributed by atoms with Crippen LogP contribution in [0.3, 0.4) is 0 Å². The molecule has 3 aromatic rings. The van der Waals surface area contributed by atoms with Gasteiger partial charge in [-0.05, 0) is 72.8 Å².